The number of nitrogens with one attached hydrogen (secondary N) is 2. The fourth-order valence-corrected chi connectivity index (χ4v) is 2.07. The van der Waals surface area contributed by atoms with Crippen LogP contribution in [0.1, 0.15) is 23.1 Å². The van der Waals surface area contributed by atoms with Crippen LogP contribution in [0, 0.1) is 6.92 Å². The van der Waals surface area contributed by atoms with E-state index in [1.165, 1.54) is 11.6 Å². The highest BCUT2D eigenvalue weighted by Crippen LogP contribution is 2.25. The number of rotatable bonds is 3. The fourth-order valence-electron chi connectivity index (χ4n) is 1.91. The smallest absolute Gasteiger partial charge is 0.273 e. The van der Waals surface area contributed by atoms with E-state index in [2.05, 4.69) is 15.7 Å². The first-order chi connectivity index (χ1) is 9.86. The lowest BCUT2D eigenvalue weighted by molar-refractivity contribution is -0.114. The Bertz CT molecular complexity index is 709. The van der Waals surface area contributed by atoms with Crippen LogP contribution >= 0.6 is 11.6 Å². The highest BCUT2D eigenvalue weighted by Gasteiger charge is 2.13. The maximum atomic E-state index is 12.2. The summed E-state index contributed by atoms with van der Waals surface area (Å²) in [5.41, 5.74) is 2.19. The number of anilines is 2. The van der Waals surface area contributed by atoms with Crippen molar-refractivity contribution in [2.45, 2.75) is 13.8 Å². The average molecular weight is 307 g/mol. The molecular formula is C14H15ClN4O2. The van der Waals surface area contributed by atoms with Gasteiger partial charge in [-0.1, -0.05) is 11.6 Å². The van der Waals surface area contributed by atoms with Gasteiger partial charge < -0.3 is 10.6 Å². The van der Waals surface area contributed by atoms with Crippen molar-refractivity contribution in [3.8, 4) is 0 Å². The maximum Gasteiger partial charge on any atom is 0.273 e. The molecule has 7 heteroatoms. The molecule has 0 saturated carbocycles. The van der Waals surface area contributed by atoms with Crippen molar-refractivity contribution in [3.63, 3.8) is 0 Å². The molecule has 0 saturated heterocycles. The zero-order valence-corrected chi connectivity index (χ0v) is 12.7. The van der Waals surface area contributed by atoms with Gasteiger partial charge in [0, 0.05) is 19.7 Å². The normalized spacial score (nSPS) is 10.3. The van der Waals surface area contributed by atoms with E-state index < -0.39 is 0 Å². The number of benzene rings is 1. The molecule has 0 aliphatic carbocycles. The molecule has 0 spiro atoms. The topological polar surface area (TPSA) is 76.0 Å². The van der Waals surface area contributed by atoms with Gasteiger partial charge in [0.1, 0.15) is 5.69 Å². The highest BCUT2D eigenvalue weighted by molar-refractivity contribution is 6.33. The zero-order valence-electron chi connectivity index (χ0n) is 11.9. The Kier molecular flexibility index (Phi) is 4.28. The van der Waals surface area contributed by atoms with Crippen molar-refractivity contribution in [3.05, 3.63) is 40.7 Å². The SMILES string of the molecule is CC(=O)Nc1cc(NC(=O)c2cc(C)nn2C)ccc1Cl. The van der Waals surface area contributed by atoms with E-state index in [1.54, 1.807) is 31.3 Å². The number of hydrogen-bond donors (Lipinski definition) is 2. The van der Waals surface area contributed by atoms with Crippen LogP contribution in [-0.2, 0) is 11.8 Å². The van der Waals surface area contributed by atoms with Crippen LogP contribution in [0.3, 0.4) is 0 Å². The van der Waals surface area contributed by atoms with Gasteiger partial charge in [0.2, 0.25) is 5.91 Å². The lowest BCUT2D eigenvalue weighted by Crippen LogP contribution is -2.16. The van der Waals surface area contributed by atoms with Gasteiger partial charge in [0.15, 0.2) is 0 Å². The van der Waals surface area contributed by atoms with Gasteiger partial charge in [-0.2, -0.15) is 5.10 Å². The summed E-state index contributed by atoms with van der Waals surface area (Å²) in [5.74, 6) is -0.517. The van der Waals surface area contributed by atoms with Crippen molar-refractivity contribution in [1.82, 2.24) is 9.78 Å². The molecule has 0 unspecified atom stereocenters. The molecule has 2 N–H and O–H groups in total. The molecule has 0 bridgehead atoms. The third-order valence-corrected chi connectivity index (χ3v) is 3.10. The Balaban J connectivity index is 2.21. The molecule has 2 aromatic rings. The minimum atomic E-state index is -0.283. The average Bonchev–Trinajstić information content (AvgIpc) is 2.72. The van der Waals surface area contributed by atoms with E-state index in [9.17, 15) is 9.59 Å². The minimum absolute atomic E-state index is 0.234. The summed E-state index contributed by atoms with van der Waals surface area (Å²) >= 11 is 5.98. The lowest BCUT2D eigenvalue weighted by atomic mass is 10.2. The van der Waals surface area contributed by atoms with Crippen molar-refractivity contribution in [2.75, 3.05) is 10.6 Å². The van der Waals surface area contributed by atoms with Gasteiger partial charge in [0.25, 0.3) is 5.91 Å². The number of hydrogen-bond acceptors (Lipinski definition) is 3. The van der Waals surface area contributed by atoms with E-state index in [1.807, 2.05) is 6.92 Å². The molecule has 6 nitrogen and oxygen atoms in total. The van der Waals surface area contributed by atoms with Gasteiger partial charge >= 0.3 is 0 Å². The first kappa shape index (κ1) is 15.1. The van der Waals surface area contributed by atoms with E-state index in [4.69, 9.17) is 11.6 Å². The Labute approximate surface area is 127 Å². The Morgan fingerprint density at radius 3 is 2.52 bits per heavy atom. The fraction of sp³-hybridized carbons (Fsp3) is 0.214. The van der Waals surface area contributed by atoms with E-state index in [0.717, 1.165) is 5.69 Å². The predicted molar refractivity (Wildman–Crippen MR) is 81.7 cm³/mol. The second-order valence-corrected chi connectivity index (χ2v) is 5.03. The van der Waals surface area contributed by atoms with Crippen LogP contribution in [0.25, 0.3) is 0 Å². The highest BCUT2D eigenvalue weighted by atomic mass is 35.5. The third-order valence-electron chi connectivity index (χ3n) is 2.77. The summed E-state index contributed by atoms with van der Waals surface area (Å²) in [6.07, 6.45) is 0. The second-order valence-electron chi connectivity index (χ2n) is 4.62. The molecule has 0 fully saturated rings. The number of halogens is 1. The molecular weight excluding hydrogens is 292 g/mol. The Morgan fingerprint density at radius 1 is 1.24 bits per heavy atom. The monoisotopic (exact) mass is 306 g/mol. The lowest BCUT2D eigenvalue weighted by Gasteiger charge is -2.09. The number of carbonyl (C=O) groups is 2. The molecule has 1 heterocycles. The van der Waals surface area contributed by atoms with Gasteiger partial charge in [-0.3, -0.25) is 14.3 Å². The van der Waals surface area contributed by atoms with Gasteiger partial charge in [-0.25, -0.2) is 0 Å². The molecule has 0 radical (unpaired) electrons. The van der Waals surface area contributed by atoms with Crippen LogP contribution < -0.4 is 10.6 Å². The largest absolute Gasteiger partial charge is 0.325 e. The molecule has 0 atom stereocenters. The van der Waals surface area contributed by atoms with Gasteiger partial charge in [0.05, 0.1) is 16.4 Å². The molecule has 1 aromatic carbocycles. The van der Waals surface area contributed by atoms with Crippen LogP contribution in [0.5, 0.6) is 0 Å². The molecule has 21 heavy (non-hydrogen) atoms. The molecule has 0 aliphatic rings. The third kappa shape index (κ3) is 3.61. The predicted octanol–water partition coefficient (Wildman–Crippen LogP) is 2.59. The van der Waals surface area contributed by atoms with Crippen LogP contribution in [0.4, 0.5) is 11.4 Å². The quantitative estimate of drug-likeness (QED) is 0.915. The number of nitrogens with zero attached hydrogens (tertiary/aromatic N) is 2. The molecule has 2 amide bonds. The molecule has 110 valence electrons. The second kappa shape index (κ2) is 5.97. The summed E-state index contributed by atoms with van der Waals surface area (Å²) in [5, 5.41) is 9.87. The van der Waals surface area contributed by atoms with Crippen molar-refractivity contribution in [2.24, 2.45) is 7.05 Å². The summed E-state index contributed by atoms with van der Waals surface area (Å²) in [6, 6.07) is 6.57. The summed E-state index contributed by atoms with van der Waals surface area (Å²) in [6.45, 7) is 3.20. The maximum absolute atomic E-state index is 12.2. The number of carbonyl (C=O) groups excluding carboxylic acids is 2. The van der Waals surface area contributed by atoms with Gasteiger partial charge in [-0.15, -0.1) is 0 Å². The minimum Gasteiger partial charge on any atom is -0.325 e. The standard InChI is InChI=1S/C14H15ClN4O2/c1-8-6-13(19(3)18-8)14(21)17-10-4-5-11(15)12(7-10)16-9(2)20/h4-7H,1-3H3,(H,16,20)(H,17,21). The van der Waals surface area contributed by atoms with E-state index in [0.29, 0.717) is 22.1 Å². The Hall–Kier alpha value is -2.34. The van der Waals surface area contributed by atoms with Crippen LogP contribution in [-0.4, -0.2) is 21.6 Å². The summed E-state index contributed by atoms with van der Waals surface area (Å²) < 4.78 is 1.51. The number of amides is 2. The summed E-state index contributed by atoms with van der Waals surface area (Å²) in [4.78, 5) is 23.3. The number of aryl methyl sites for hydroxylation is 2. The van der Waals surface area contributed by atoms with Crippen molar-refractivity contribution < 1.29 is 9.59 Å². The first-order valence-electron chi connectivity index (χ1n) is 6.26. The van der Waals surface area contributed by atoms with Crippen LogP contribution in [0.2, 0.25) is 5.02 Å². The Morgan fingerprint density at radius 2 is 1.95 bits per heavy atom. The first-order valence-corrected chi connectivity index (χ1v) is 6.64. The summed E-state index contributed by atoms with van der Waals surface area (Å²) in [7, 11) is 1.70. The van der Waals surface area contributed by atoms with Gasteiger partial charge in [-0.05, 0) is 31.2 Å². The van der Waals surface area contributed by atoms with Crippen LogP contribution in [0.15, 0.2) is 24.3 Å². The van der Waals surface area contributed by atoms with Crippen molar-refractivity contribution >= 4 is 34.8 Å². The molecule has 1 aromatic heterocycles. The number of aromatic nitrogens is 2. The van der Waals surface area contributed by atoms with E-state index in [-0.39, 0.29) is 11.8 Å². The van der Waals surface area contributed by atoms with Crippen molar-refractivity contribution in [1.29, 1.82) is 0 Å². The van der Waals surface area contributed by atoms with E-state index >= 15 is 0 Å². The zero-order chi connectivity index (χ0) is 15.6. The molecule has 2 rings (SSSR count). The molecule has 0 aliphatic heterocycles.